The van der Waals surface area contributed by atoms with Crippen LogP contribution in [-0.4, -0.2) is 17.3 Å². The molecule has 2 atom stereocenters. The Morgan fingerprint density at radius 2 is 1.40 bits per heavy atom. The molecule has 0 aromatic heterocycles. The molecule has 0 unspecified atom stereocenters. The molecule has 2 N–H and O–H groups in total. The second kappa shape index (κ2) is 6.07. The molecule has 3 rings (SSSR count). The van der Waals surface area contributed by atoms with Gasteiger partial charge in [-0.1, -0.05) is 36.4 Å². The molecule has 104 valence electrons. The van der Waals surface area contributed by atoms with Gasteiger partial charge in [0.2, 0.25) is 0 Å². The van der Waals surface area contributed by atoms with Crippen LogP contribution in [0.5, 0.6) is 0 Å². The summed E-state index contributed by atoms with van der Waals surface area (Å²) in [7, 11) is 0. The first-order chi connectivity index (χ1) is 9.84. The standard InChI is InChI=1S/C17H20N2O/c20-17-13-7-12-16(17)18-19(14-8-3-1-4-9-14)15-10-5-2-6-11-15/h1-6,8-11,16-18,20H,7,12-13H2/t16-,17-/m0/s1. The first-order valence-electron chi connectivity index (χ1n) is 7.19. The highest BCUT2D eigenvalue weighted by Crippen LogP contribution is 2.26. The maximum Gasteiger partial charge on any atom is 0.0711 e. The van der Waals surface area contributed by atoms with E-state index in [0.717, 1.165) is 30.6 Å². The van der Waals surface area contributed by atoms with Crippen LogP contribution in [0.1, 0.15) is 19.3 Å². The Morgan fingerprint density at radius 1 is 0.850 bits per heavy atom. The van der Waals surface area contributed by atoms with Crippen LogP contribution in [0.25, 0.3) is 0 Å². The number of rotatable bonds is 4. The minimum absolute atomic E-state index is 0.121. The molecular formula is C17H20N2O. The molecule has 0 amide bonds. The predicted octanol–water partition coefficient (Wildman–Crippen LogP) is 3.24. The number of nitrogens with one attached hydrogen (secondary N) is 1. The van der Waals surface area contributed by atoms with E-state index in [1.54, 1.807) is 0 Å². The molecule has 0 radical (unpaired) electrons. The molecule has 1 fully saturated rings. The number of nitrogens with zero attached hydrogens (tertiary/aromatic N) is 1. The van der Waals surface area contributed by atoms with Crippen molar-refractivity contribution in [1.29, 1.82) is 0 Å². The lowest BCUT2D eigenvalue weighted by Gasteiger charge is -2.30. The van der Waals surface area contributed by atoms with Gasteiger partial charge in [0.15, 0.2) is 0 Å². The largest absolute Gasteiger partial charge is 0.391 e. The minimum Gasteiger partial charge on any atom is -0.391 e. The number of hydrogen-bond donors (Lipinski definition) is 2. The first kappa shape index (κ1) is 13.2. The van der Waals surface area contributed by atoms with E-state index in [4.69, 9.17) is 0 Å². The van der Waals surface area contributed by atoms with Gasteiger partial charge in [0.1, 0.15) is 0 Å². The van der Waals surface area contributed by atoms with Crippen molar-refractivity contribution in [2.24, 2.45) is 0 Å². The van der Waals surface area contributed by atoms with Gasteiger partial charge in [0.25, 0.3) is 0 Å². The number of hydrazine groups is 1. The van der Waals surface area contributed by atoms with Gasteiger partial charge in [0, 0.05) is 0 Å². The molecule has 1 aliphatic rings. The molecule has 0 heterocycles. The predicted molar refractivity (Wildman–Crippen MR) is 81.8 cm³/mol. The van der Waals surface area contributed by atoms with E-state index in [1.165, 1.54) is 0 Å². The molecule has 3 heteroatoms. The number of benzene rings is 2. The highest BCUT2D eigenvalue weighted by atomic mass is 16.3. The highest BCUT2D eigenvalue weighted by Gasteiger charge is 2.27. The number of hydrogen-bond acceptors (Lipinski definition) is 3. The average Bonchev–Trinajstić information content (AvgIpc) is 2.92. The monoisotopic (exact) mass is 268 g/mol. The van der Waals surface area contributed by atoms with Gasteiger partial charge in [0.05, 0.1) is 23.5 Å². The maximum atomic E-state index is 10.0. The summed E-state index contributed by atoms with van der Waals surface area (Å²) < 4.78 is 0. The molecule has 1 saturated carbocycles. The Kier molecular flexibility index (Phi) is 4.00. The Hall–Kier alpha value is -1.84. The van der Waals surface area contributed by atoms with E-state index >= 15 is 0 Å². The summed E-state index contributed by atoms with van der Waals surface area (Å²) in [5.74, 6) is 0. The van der Waals surface area contributed by atoms with Crippen LogP contribution < -0.4 is 10.4 Å². The summed E-state index contributed by atoms with van der Waals surface area (Å²) in [6.45, 7) is 0. The van der Waals surface area contributed by atoms with Crippen molar-refractivity contribution in [2.45, 2.75) is 31.4 Å². The fourth-order valence-corrected chi connectivity index (χ4v) is 2.71. The topological polar surface area (TPSA) is 35.5 Å². The molecule has 2 aromatic carbocycles. The lowest BCUT2D eigenvalue weighted by atomic mass is 10.2. The average molecular weight is 268 g/mol. The Morgan fingerprint density at radius 3 is 1.85 bits per heavy atom. The van der Waals surface area contributed by atoms with Crippen LogP contribution in [0.2, 0.25) is 0 Å². The van der Waals surface area contributed by atoms with E-state index in [1.807, 2.05) is 36.4 Å². The smallest absolute Gasteiger partial charge is 0.0711 e. The summed E-state index contributed by atoms with van der Waals surface area (Å²) in [4.78, 5) is 0. The van der Waals surface area contributed by atoms with Crippen LogP contribution in [-0.2, 0) is 0 Å². The van der Waals surface area contributed by atoms with Gasteiger partial charge in [-0.3, -0.25) is 5.01 Å². The van der Waals surface area contributed by atoms with E-state index in [0.29, 0.717) is 0 Å². The van der Waals surface area contributed by atoms with Gasteiger partial charge < -0.3 is 5.11 Å². The zero-order valence-corrected chi connectivity index (χ0v) is 11.4. The van der Waals surface area contributed by atoms with Gasteiger partial charge in [-0.2, -0.15) is 0 Å². The lowest BCUT2D eigenvalue weighted by Crippen LogP contribution is -2.45. The highest BCUT2D eigenvalue weighted by molar-refractivity contribution is 5.61. The number of anilines is 2. The van der Waals surface area contributed by atoms with Crippen molar-refractivity contribution in [3.05, 3.63) is 60.7 Å². The van der Waals surface area contributed by atoms with Crippen molar-refractivity contribution in [3.63, 3.8) is 0 Å². The molecule has 0 saturated heterocycles. The first-order valence-corrected chi connectivity index (χ1v) is 7.19. The maximum absolute atomic E-state index is 10.0. The Balaban J connectivity index is 1.88. The van der Waals surface area contributed by atoms with Crippen LogP contribution in [0.15, 0.2) is 60.7 Å². The summed E-state index contributed by atoms with van der Waals surface area (Å²) in [6.07, 6.45) is 2.72. The number of aliphatic hydroxyl groups is 1. The quantitative estimate of drug-likeness (QED) is 0.836. The van der Waals surface area contributed by atoms with Crippen molar-refractivity contribution in [2.75, 3.05) is 5.01 Å². The van der Waals surface area contributed by atoms with Crippen LogP contribution in [0.3, 0.4) is 0 Å². The summed E-state index contributed by atoms with van der Waals surface area (Å²) in [5.41, 5.74) is 5.64. The Bertz CT molecular complexity index is 490. The van der Waals surface area contributed by atoms with E-state index in [-0.39, 0.29) is 12.1 Å². The van der Waals surface area contributed by atoms with E-state index < -0.39 is 0 Å². The Labute approximate surface area is 119 Å². The van der Waals surface area contributed by atoms with Crippen molar-refractivity contribution in [3.8, 4) is 0 Å². The lowest BCUT2D eigenvalue weighted by molar-refractivity contribution is 0.149. The SMILES string of the molecule is O[C@H]1CCC[C@@H]1NN(c1ccccc1)c1ccccc1. The van der Waals surface area contributed by atoms with E-state index in [2.05, 4.69) is 34.7 Å². The molecule has 3 nitrogen and oxygen atoms in total. The van der Waals surface area contributed by atoms with Crippen molar-refractivity contribution < 1.29 is 5.11 Å². The van der Waals surface area contributed by atoms with Crippen LogP contribution in [0, 0.1) is 0 Å². The summed E-state index contributed by atoms with van der Waals surface area (Å²) >= 11 is 0. The number of aliphatic hydroxyl groups excluding tert-OH is 1. The third kappa shape index (κ3) is 2.84. The van der Waals surface area contributed by atoms with E-state index in [9.17, 15) is 5.11 Å². The molecule has 0 bridgehead atoms. The van der Waals surface area contributed by atoms with Gasteiger partial charge in [-0.05, 0) is 43.5 Å². The van der Waals surface area contributed by atoms with Crippen LogP contribution >= 0.6 is 0 Å². The molecule has 0 aliphatic heterocycles. The minimum atomic E-state index is -0.259. The summed E-state index contributed by atoms with van der Waals surface area (Å²) in [6, 6.07) is 20.5. The van der Waals surface area contributed by atoms with Gasteiger partial charge in [-0.15, -0.1) is 0 Å². The molecular weight excluding hydrogens is 248 g/mol. The van der Waals surface area contributed by atoms with Crippen LogP contribution in [0.4, 0.5) is 11.4 Å². The fourth-order valence-electron chi connectivity index (χ4n) is 2.71. The van der Waals surface area contributed by atoms with Crippen molar-refractivity contribution >= 4 is 11.4 Å². The third-order valence-corrected chi connectivity index (χ3v) is 3.80. The fraction of sp³-hybridized carbons (Fsp3) is 0.294. The molecule has 20 heavy (non-hydrogen) atoms. The molecule has 1 aliphatic carbocycles. The normalized spacial score (nSPS) is 21.9. The second-order valence-electron chi connectivity index (χ2n) is 5.24. The zero-order valence-electron chi connectivity index (χ0n) is 11.4. The summed E-state index contributed by atoms with van der Waals surface area (Å²) in [5, 5.41) is 12.1. The molecule has 2 aromatic rings. The van der Waals surface area contributed by atoms with Crippen molar-refractivity contribution in [1.82, 2.24) is 5.43 Å². The van der Waals surface area contributed by atoms with Gasteiger partial charge >= 0.3 is 0 Å². The zero-order chi connectivity index (χ0) is 13.8. The molecule has 0 spiro atoms. The second-order valence-corrected chi connectivity index (χ2v) is 5.24. The van der Waals surface area contributed by atoms with Gasteiger partial charge in [-0.25, -0.2) is 5.43 Å². The number of para-hydroxylation sites is 2. The third-order valence-electron chi connectivity index (χ3n) is 3.80.